The lowest BCUT2D eigenvalue weighted by Gasteiger charge is -2.34. The van der Waals surface area contributed by atoms with E-state index in [4.69, 9.17) is 9.15 Å². The Morgan fingerprint density at radius 1 is 1.29 bits per heavy atom. The summed E-state index contributed by atoms with van der Waals surface area (Å²) >= 11 is 0. The third kappa shape index (κ3) is 5.07. The van der Waals surface area contributed by atoms with E-state index in [2.05, 4.69) is 26.2 Å². The predicted molar refractivity (Wildman–Crippen MR) is 109 cm³/mol. The van der Waals surface area contributed by atoms with Crippen molar-refractivity contribution in [1.29, 1.82) is 0 Å². The molecular weight excluding hydrogens is 356 g/mol. The Morgan fingerprint density at radius 3 is 2.57 bits per heavy atom. The van der Waals surface area contributed by atoms with Crippen LogP contribution in [0, 0.1) is 12.8 Å². The molecule has 2 aliphatic heterocycles. The Labute approximate surface area is 168 Å². The summed E-state index contributed by atoms with van der Waals surface area (Å²) in [6, 6.07) is 4.34. The first-order chi connectivity index (χ1) is 13.6. The van der Waals surface area contributed by atoms with E-state index in [1.54, 1.807) is 0 Å². The molecule has 1 unspecified atom stereocenters. The highest BCUT2D eigenvalue weighted by Gasteiger charge is 2.29. The van der Waals surface area contributed by atoms with Crippen LogP contribution in [-0.2, 0) is 9.53 Å². The van der Waals surface area contributed by atoms with Gasteiger partial charge in [0.25, 0.3) is 0 Å². The zero-order valence-electron chi connectivity index (χ0n) is 17.4. The Morgan fingerprint density at radius 2 is 2.00 bits per heavy atom. The summed E-state index contributed by atoms with van der Waals surface area (Å²) in [6.45, 7) is 8.91. The first kappa shape index (κ1) is 20.7. The van der Waals surface area contributed by atoms with Crippen LogP contribution in [0.4, 0.5) is 0 Å². The van der Waals surface area contributed by atoms with Crippen molar-refractivity contribution in [2.45, 2.75) is 45.6 Å². The number of aliphatic imine (C=N–C) groups is 1. The molecule has 0 radical (unpaired) electrons. The zero-order valence-corrected chi connectivity index (χ0v) is 17.4. The van der Waals surface area contributed by atoms with Gasteiger partial charge in [0.15, 0.2) is 5.96 Å². The van der Waals surface area contributed by atoms with Gasteiger partial charge in [-0.1, -0.05) is 0 Å². The van der Waals surface area contributed by atoms with E-state index in [-0.39, 0.29) is 17.9 Å². The van der Waals surface area contributed by atoms with Crippen molar-refractivity contribution < 1.29 is 13.9 Å². The Balaban J connectivity index is 1.57. The standard InChI is InChI=1S/C21H34N4O3/c1-4-27-20(26)17-9-13-25(14-10-17)21(22-3)23-15-18(24-11-5-6-12-24)19-8-7-16(2)28-19/h7-8,17-18H,4-6,9-15H2,1-3H3,(H,22,23). The zero-order chi connectivity index (χ0) is 19.9. The van der Waals surface area contributed by atoms with Gasteiger partial charge in [0, 0.05) is 26.7 Å². The minimum absolute atomic E-state index is 0.0118. The van der Waals surface area contributed by atoms with Gasteiger partial charge in [-0.3, -0.25) is 14.7 Å². The lowest BCUT2D eigenvalue weighted by atomic mass is 9.97. The number of nitrogens with one attached hydrogen (secondary N) is 1. The minimum Gasteiger partial charge on any atom is -0.466 e. The van der Waals surface area contributed by atoms with Crippen molar-refractivity contribution in [3.8, 4) is 0 Å². The van der Waals surface area contributed by atoms with E-state index < -0.39 is 0 Å². The highest BCUT2D eigenvalue weighted by molar-refractivity contribution is 5.80. The molecule has 156 valence electrons. The van der Waals surface area contributed by atoms with E-state index in [9.17, 15) is 4.79 Å². The number of piperidine rings is 1. The van der Waals surface area contributed by atoms with Crippen LogP contribution in [0.2, 0.25) is 0 Å². The van der Waals surface area contributed by atoms with Crippen molar-refractivity contribution in [2.24, 2.45) is 10.9 Å². The number of nitrogens with zero attached hydrogens (tertiary/aromatic N) is 3. The Bertz CT molecular complexity index is 658. The molecule has 0 spiro atoms. The second-order valence-electron chi connectivity index (χ2n) is 7.65. The largest absolute Gasteiger partial charge is 0.466 e. The molecule has 0 saturated carbocycles. The molecule has 0 bridgehead atoms. The molecular formula is C21H34N4O3. The smallest absolute Gasteiger partial charge is 0.309 e. The number of rotatable bonds is 6. The molecule has 0 aromatic carbocycles. The summed E-state index contributed by atoms with van der Waals surface area (Å²) in [4.78, 5) is 21.2. The summed E-state index contributed by atoms with van der Waals surface area (Å²) in [7, 11) is 1.82. The minimum atomic E-state index is -0.0626. The maximum atomic E-state index is 12.0. The van der Waals surface area contributed by atoms with Gasteiger partial charge in [0.1, 0.15) is 11.5 Å². The van der Waals surface area contributed by atoms with Crippen LogP contribution < -0.4 is 5.32 Å². The number of ether oxygens (including phenoxy) is 1. The average molecular weight is 391 g/mol. The Kier molecular flexibility index (Phi) is 7.36. The van der Waals surface area contributed by atoms with Crippen molar-refractivity contribution in [2.75, 3.05) is 46.4 Å². The second kappa shape index (κ2) is 9.96. The van der Waals surface area contributed by atoms with E-state index in [0.717, 1.165) is 63.0 Å². The molecule has 28 heavy (non-hydrogen) atoms. The van der Waals surface area contributed by atoms with Crippen molar-refractivity contribution in [1.82, 2.24) is 15.1 Å². The molecule has 0 amide bonds. The molecule has 2 fully saturated rings. The van der Waals surface area contributed by atoms with Gasteiger partial charge < -0.3 is 19.4 Å². The van der Waals surface area contributed by atoms with Crippen LogP contribution in [0.25, 0.3) is 0 Å². The maximum Gasteiger partial charge on any atom is 0.309 e. The topological polar surface area (TPSA) is 70.3 Å². The molecule has 7 nitrogen and oxygen atoms in total. The number of carbonyl (C=O) groups is 1. The lowest BCUT2D eigenvalue weighted by Crippen LogP contribution is -2.48. The van der Waals surface area contributed by atoms with Crippen LogP contribution in [0.3, 0.4) is 0 Å². The molecule has 1 aromatic rings. The lowest BCUT2D eigenvalue weighted by molar-refractivity contribution is -0.149. The average Bonchev–Trinajstić information content (AvgIpc) is 3.38. The first-order valence-corrected chi connectivity index (χ1v) is 10.5. The first-order valence-electron chi connectivity index (χ1n) is 10.5. The molecule has 1 atom stereocenters. The van der Waals surface area contributed by atoms with E-state index in [0.29, 0.717) is 6.61 Å². The molecule has 3 heterocycles. The van der Waals surface area contributed by atoms with E-state index in [1.165, 1.54) is 12.8 Å². The third-order valence-electron chi connectivity index (χ3n) is 5.75. The molecule has 7 heteroatoms. The quantitative estimate of drug-likeness (QED) is 0.457. The number of hydrogen-bond acceptors (Lipinski definition) is 5. The fourth-order valence-corrected chi connectivity index (χ4v) is 4.20. The van der Waals surface area contributed by atoms with E-state index >= 15 is 0 Å². The number of aryl methyl sites for hydroxylation is 1. The molecule has 3 rings (SSSR count). The molecule has 1 N–H and O–H groups in total. The van der Waals surface area contributed by atoms with Crippen LogP contribution in [0.5, 0.6) is 0 Å². The van der Waals surface area contributed by atoms with Crippen LogP contribution in [0.1, 0.15) is 50.2 Å². The summed E-state index contributed by atoms with van der Waals surface area (Å²) < 4.78 is 11.1. The number of guanidine groups is 1. The summed E-state index contributed by atoms with van der Waals surface area (Å²) in [5, 5.41) is 3.55. The number of furan rings is 1. The SMILES string of the molecule is CCOC(=O)C1CCN(C(=NC)NCC(c2ccc(C)o2)N2CCCC2)CC1. The monoisotopic (exact) mass is 390 g/mol. The molecule has 2 saturated heterocycles. The fraction of sp³-hybridized carbons (Fsp3) is 0.714. The number of hydrogen-bond donors (Lipinski definition) is 1. The van der Waals surface area contributed by atoms with Crippen molar-refractivity contribution in [3.05, 3.63) is 23.7 Å². The van der Waals surface area contributed by atoms with Crippen molar-refractivity contribution >= 4 is 11.9 Å². The van der Waals surface area contributed by atoms with Crippen molar-refractivity contribution in [3.63, 3.8) is 0 Å². The van der Waals surface area contributed by atoms with Crippen LogP contribution >= 0.6 is 0 Å². The summed E-state index contributed by atoms with van der Waals surface area (Å²) in [5.41, 5.74) is 0. The fourth-order valence-electron chi connectivity index (χ4n) is 4.20. The van der Waals surface area contributed by atoms with E-state index in [1.807, 2.05) is 27.0 Å². The van der Waals surface area contributed by atoms with Crippen LogP contribution in [-0.4, -0.2) is 68.1 Å². The second-order valence-corrected chi connectivity index (χ2v) is 7.65. The molecule has 2 aliphatic rings. The van der Waals surface area contributed by atoms with Gasteiger partial charge in [-0.2, -0.15) is 0 Å². The number of carbonyl (C=O) groups excluding carboxylic acids is 1. The molecule has 0 aliphatic carbocycles. The van der Waals surface area contributed by atoms with Gasteiger partial charge in [-0.25, -0.2) is 0 Å². The summed E-state index contributed by atoms with van der Waals surface area (Å²) in [5.74, 6) is 2.81. The van der Waals surface area contributed by atoms with Gasteiger partial charge in [-0.15, -0.1) is 0 Å². The highest BCUT2D eigenvalue weighted by atomic mass is 16.5. The van der Waals surface area contributed by atoms with Gasteiger partial charge in [-0.05, 0) is 64.8 Å². The predicted octanol–water partition coefficient (Wildman–Crippen LogP) is 2.58. The highest BCUT2D eigenvalue weighted by Crippen LogP contribution is 2.26. The maximum absolute atomic E-state index is 12.0. The van der Waals surface area contributed by atoms with Gasteiger partial charge in [0.2, 0.25) is 0 Å². The van der Waals surface area contributed by atoms with Gasteiger partial charge in [0.05, 0.1) is 18.6 Å². The number of esters is 1. The third-order valence-corrected chi connectivity index (χ3v) is 5.75. The van der Waals surface area contributed by atoms with Crippen LogP contribution in [0.15, 0.2) is 21.5 Å². The van der Waals surface area contributed by atoms with Gasteiger partial charge >= 0.3 is 5.97 Å². The summed E-state index contributed by atoms with van der Waals surface area (Å²) in [6.07, 6.45) is 4.11. The number of likely N-dealkylation sites (tertiary alicyclic amines) is 2. The Hall–Kier alpha value is -2.02. The molecule has 1 aromatic heterocycles. The normalized spacial score (nSPS) is 20.4.